The van der Waals surface area contributed by atoms with Crippen molar-refractivity contribution >= 4 is 87.9 Å². The van der Waals surface area contributed by atoms with Crippen LogP contribution in [0.1, 0.15) is 41.7 Å². The molecule has 4 rings (SSSR count). The van der Waals surface area contributed by atoms with Crippen LogP contribution in [0, 0.1) is 5.82 Å². The number of sulfonamides is 2. The van der Waals surface area contributed by atoms with Crippen LogP contribution in [0.2, 0.25) is 0 Å². The number of nitrogens with zero attached hydrogens (tertiary/aromatic N) is 2. The van der Waals surface area contributed by atoms with Gasteiger partial charge in [-0.15, -0.1) is 22.7 Å². The van der Waals surface area contributed by atoms with Crippen LogP contribution in [0.25, 0.3) is 0 Å². The predicted molar refractivity (Wildman–Crippen MR) is 172 cm³/mol. The van der Waals surface area contributed by atoms with Gasteiger partial charge in [-0.05, 0) is 56.3 Å². The van der Waals surface area contributed by atoms with Crippen molar-refractivity contribution < 1.29 is 55.7 Å². The Morgan fingerprint density at radius 2 is 1.23 bits per heavy atom. The van der Waals surface area contributed by atoms with Gasteiger partial charge in [-0.25, -0.2) is 40.8 Å². The van der Waals surface area contributed by atoms with Crippen LogP contribution in [-0.4, -0.2) is 71.5 Å². The molecule has 0 saturated heterocycles. The number of thiazole rings is 2. The highest BCUT2D eigenvalue weighted by Crippen LogP contribution is 2.27. The van der Waals surface area contributed by atoms with E-state index >= 15 is 0 Å². The fourth-order valence-electron chi connectivity index (χ4n) is 3.26. The number of amides is 2. The van der Waals surface area contributed by atoms with Crippen LogP contribution < -0.4 is 20.1 Å². The van der Waals surface area contributed by atoms with Gasteiger partial charge < -0.3 is 26.0 Å². The first-order valence-electron chi connectivity index (χ1n) is 12.8. The minimum Gasteiger partial charge on any atom is -0.476 e. The normalized spacial score (nSPS) is 11.4. The maximum atomic E-state index is 13.8. The first kappa shape index (κ1) is 37.4. The van der Waals surface area contributed by atoms with E-state index in [2.05, 4.69) is 25.3 Å². The van der Waals surface area contributed by atoms with Crippen molar-refractivity contribution in [2.24, 2.45) is 0 Å². The third-order valence-corrected chi connectivity index (χ3v) is 9.99. The third-order valence-electron chi connectivity index (χ3n) is 5.53. The molecular formula is C26H25FN6O11S4. The summed E-state index contributed by atoms with van der Waals surface area (Å²) in [6.45, 7) is 3.82. The number of anilines is 4. The molecule has 2 amide bonds. The molecule has 2 aromatic carbocycles. The molecule has 48 heavy (non-hydrogen) atoms. The number of aliphatic hydroxyl groups is 1. The van der Waals surface area contributed by atoms with Gasteiger partial charge in [-0.2, -0.15) is 0 Å². The second kappa shape index (κ2) is 14.8. The Kier molecular flexibility index (Phi) is 11.5. The molecule has 0 radical (unpaired) electrons. The van der Waals surface area contributed by atoms with Crippen LogP contribution in [-0.2, 0) is 29.6 Å². The van der Waals surface area contributed by atoms with Gasteiger partial charge >= 0.3 is 11.9 Å². The summed E-state index contributed by atoms with van der Waals surface area (Å²) >= 11 is 1.63. The Morgan fingerprint density at radius 3 is 1.65 bits per heavy atom. The monoisotopic (exact) mass is 744 g/mol. The molecule has 0 fully saturated rings. The average molecular weight is 745 g/mol. The molecule has 2 heterocycles. The lowest BCUT2D eigenvalue weighted by Gasteiger charge is -2.16. The molecule has 0 aliphatic carbocycles. The van der Waals surface area contributed by atoms with Crippen molar-refractivity contribution in [3.8, 4) is 0 Å². The molecule has 0 aliphatic rings. The highest BCUT2D eigenvalue weighted by Gasteiger charge is 2.25. The lowest BCUT2D eigenvalue weighted by Crippen LogP contribution is -2.36. The number of carboxylic acid groups (broad SMARTS) is 2. The van der Waals surface area contributed by atoms with Gasteiger partial charge in [0.15, 0.2) is 11.4 Å². The van der Waals surface area contributed by atoms with E-state index in [0.29, 0.717) is 5.69 Å². The van der Waals surface area contributed by atoms with E-state index in [0.717, 1.165) is 40.9 Å². The van der Waals surface area contributed by atoms with Gasteiger partial charge in [0.25, 0.3) is 26.0 Å². The summed E-state index contributed by atoms with van der Waals surface area (Å²) in [5, 5.41) is 31.8. The number of hydrogen-bond donors (Lipinski definition) is 7. The number of carboxylic acids is 2. The Balaban J connectivity index is 0.000000261. The third kappa shape index (κ3) is 9.74. The van der Waals surface area contributed by atoms with Crippen molar-refractivity contribution in [3.63, 3.8) is 0 Å². The van der Waals surface area contributed by atoms with Gasteiger partial charge in [-0.3, -0.25) is 19.0 Å². The topological polar surface area (TPSA) is 271 Å². The average Bonchev–Trinajstić information content (AvgIpc) is 3.63. The Morgan fingerprint density at radius 1 is 0.771 bits per heavy atom. The number of nitrogens with one attached hydrogen (secondary N) is 4. The highest BCUT2D eigenvalue weighted by atomic mass is 32.2. The fourth-order valence-corrected chi connectivity index (χ4v) is 7.25. The Labute approximate surface area is 279 Å². The molecule has 0 unspecified atom stereocenters. The minimum atomic E-state index is -4.20. The SMILES string of the molecule is CC(=O)Nc1ccc(S(=O)(=O)Nc2scnc2C(=O)O)cc1F.CC(C)(O)C(=O)Nc1ccc(S(=O)(=O)Nc2scnc2C(=O)O)cc1. The van der Waals surface area contributed by atoms with Crippen molar-refractivity contribution in [1.29, 1.82) is 0 Å². The van der Waals surface area contributed by atoms with Gasteiger partial charge in [0.05, 0.1) is 26.5 Å². The van der Waals surface area contributed by atoms with Crippen molar-refractivity contribution in [2.75, 3.05) is 20.1 Å². The number of halogens is 1. The van der Waals surface area contributed by atoms with E-state index in [1.165, 1.54) is 56.1 Å². The summed E-state index contributed by atoms with van der Waals surface area (Å²) in [4.78, 5) is 51.0. The summed E-state index contributed by atoms with van der Waals surface area (Å²) in [6, 6.07) is 8.07. The first-order valence-corrected chi connectivity index (χ1v) is 17.5. The molecule has 4 aromatic rings. The molecule has 2 aromatic heterocycles. The predicted octanol–water partition coefficient (Wildman–Crippen LogP) is 3.09. The Bertz CT molecular complexity index is 2070. The van der Waals surface area contributed by atoms with E-state index < -0.39 is 65.8 Å². The quantitative estimate of drug-likeness (QED) is 0.116. The molecule has 22 heteroatoms. The standard InChI is InChI=1S/C14H15N3O6S2.C12H10FN3O5S2/c1-14(2,21)13(20)16-8-3-5-9(6-4-8)25(22,23)17-11-10(12(18)19)15-7-24-11;1-6(17)15-9-3-2-7(4-8(9)13)23(20,21)16-11-10(12(18)19)14-5-22-11/h3-7,17,21H,1-2H3,(H,16,20)(H,18,19);2-5,16H,1H3,(H,15,17)(H,18,19). The molecule has 0 spiro atoms. The molecule has 0 saturated carbocycles. The molecule has 256 valence electrons. The zero-order chi connectivity index (χ0) is 36.0. The van der Waals surface area contributed by atoms with Crippen LogP contribution >= 0.6 is 22.7 Å². The number of rotatable bonds is 11. The molecule has 7 N–H and O–H groups in total. The summed E-state index contributed by atoms with van der Waals surface area (Å²) in [5.41, 5.74) is 0.108. The number of carbonyl (C=O) groups excluding carboxylic acids is 2. The van der Waals surface area contributed by atoms with Crippen molar-refractivity contribution in [3.05, 3.63) is 70.7 Å². The zero-order valence-corrected chi connectivity index (χ0v) is 28.0. The summed E-state index contributed by atoms with van der Waals surface area (Å²) < 4.78 is 67.0. The van der Waals surface area contributed by atoms with E-state index in [4.69, 9.17) is 10.2 Å². The molecular weight excluding hydrogens is 720 g/mol. The summed E-state index contributed by atoms with van der Waals surface area (Å²) in [5.74, 6) is -4.82. The maximum absolute atomic E-state index is 13.8. The largest absolute Gasteiger partial charge is 0.476 e. The second-order valence-corrected chi connectivity index (χ2v) is 14.8. The van der Waals surface area contributed by atoms with Crippen LogP contribution in [0.15, 0.2) is 63.3 Å². The number of aromatic carboxylic acids is 2. The fraction of sp³-hybridized carbons (Fsp3) is 0.154. The minimum absolute atomic E-state index is 0.105. The van der Waals surface area contributed by atoms with Crippen molar-refractivity contribution in [2.45, 2.75) is 36.2 Å². The second-order valence-electron chi connectivity index (χ2n) is 9.74. The van der Waals surface area contributed by atoms with Crippen LogP contribution in [0.4, 0.5) is 25.8 Å². The lowest BCUT2D eigenvalue weighted by atomic mass is 10.1. The lowest BCUT2D eigenvalue weighted by molar-refractivity contribution is -0.130. The number of aromatic nitrogens is 2. The zero-order valence-electron chi connectivity index (χ0n) is 24.7. The van der Waals surface area contributed by atoms with Gasteiger partial charge in [-0.1, -0.05) is 0 Å². The summed E-state index contributed by atoms with van der Waals surface area (Å²) in [6.07, 6.45) is 0. The number of hydrogen-bond acceptors (Lipinski definition) is 13. The van der Waals surface area contributed by atoms with Crippen molar-refractivity contribution in [1.82, 2.24) is 9.97 Å². The number of benzene rings is 2. The highest BCUT2D eigenvalue weighted by molar-refractivity contribution is 7.93. The molecule has 0 bridgehead atoms. The van der Waals surface area contributed by atoms with Gasteiger partial charge in [0.2, 0.25) is 5.91 Å². The first-order chi connectivity index (χ1) is 22.2. The van der Waals surface area contributed by atoms with E-state index in [1.54, 1.807) is 0 Å². The smallest absolute Gasteiger partial charge is 0.357 e. The van der Waals surface area contributed by atoms with Gasteiger partial charge in [0, 0.05) is 12.6 Å². The van der Waals surface area contributed by atoms with Gasteiger partial charge in [0.1, 0.15) is 21.4 Å². The van der Waals surface area contributed by atoms with E-state index in [-0.39, 0.29) is 26.3 Å². The van der Waals surface area contributed by atoms with Crippen LogP contribution in [0.5, 0.6) is 0 Å². The summed E-state index contributed by atoms with van der Waals surface area (Å²) in [7, 11) is -8.22. The van der Waals surface area contributed by atoms with E-state index in [1.807, 2.05) is 4.72 Å². The molecule has 0 aliphatic heterocycles. The van der Waals surface area contributed by atoms with Crippen LogP contribution in [0.3, 0.4) is 0 Å². The van der Waals surface area contributed by atoms with E-state index in [9.17, 15) is 45.5 Å². The Hall–Kier alpha value is -5.03. The maximum Gasteiger partial charge on any atom is 0.357 e. The molecule has 17 nitrogen and oxygen atoms in total. The molecule has 0 atom stereocenters. The number of carbonyl (C=O) groups is 4.